The monoisotopic (exact) mass is 273 g/mol. The number of carbonyl (C=O) groups excluding carboxylic acids is 1. The van der Waals surface area contributed by atoms with Gasteiger partial charge in [0.05, 0.1) is 12.2 Å². The Labute approximate surface area is 121 Å². The molecule has 0 aliphatic carbocycles. The molecule has 0 spiro atoms. The first-order valence-corrected chi connectivity index (χ1v) is 7.43. The molecule has 0 fully saturated rings. The molecule has 1 aliphatic heterocycles. The first-order chi connectivity index (χ1) is 9.76. The van der Waals surface area contributed by atoms with Crippen molar-refractivity contribution < 1.29 is 9.53 Å². The standard InChI is InChI=1S/C17H23NO2/c1-3-11-18-12-10-15(14-8-6-5-7-9-14)16(13-18)17(19)20-4-2/h5-9H,3-4,10-13H2,1-2H3. The lowest BCUT2D eigenvalue weighted by molar-refractivity contribution is -0.138. The molecule has 20 heavy (non-hydrogen) atoms. The van der Waals surface area contributed by atoms with Crippen LogP contribution in [-0.2, 0) is 9.53 Å². The maximum absolute atomic E-state index is 12.2. The highest BCUT2D eigenvalue weighted by atomic mass is 16.5. The molecule has 1 heterocycles. The molecular weight excluding hydrogens is 250 g/mol. The fraction of sp³-hybridized carbons (Fsp3) is 0.471. The molecular formula is C17H23NO2. The largest absolute Gasteiger partial charge is 0.463 e. The van der Waals surface area contributed by atoms with E-state index in [4.69, 9.17) is 4.74 Å². The number of esters is 1. The van der Waals surface area contributed by atoms with Crippen LogP contribution in [0, 0.1) is 0 Å². The predicted octanol–water partition coefficient (Wildman–Crippen LogP) is 3.12. The van der Waals surface area contributed by atoms with Crippen LogP contribution in [-0.4, -0.2) is 37.1 Å². The Balaban J connectivity index is 2.31. The van der Waals surface area contributed by atoms with Crippen LogP contribution in [0.15, 0.2) is 35.9 Å². The third kappa shape index (κ3) is 3.48. The normalized spacial score (nSPS) is 16.3. The topological polar surface area (TPSA) is 29.5 Å². The van der Waals surface area contributed by atoms with Gasteiger partial charge in [0.25, 0.3) is 0 Å². The van der Waals surface area contributed by atoms with E-state index in [-0.39, 0.29) is 5.97 Å². The minimum atomic E-state index is -0.160. The fourth-order valence-corrected chi connectivity index (χ4v) is 2.69. The highest BCUT2D eigenvalue weighted by Gasteiger charge is 2.25. The van der Waals surface area contributed by atoms with Crippen molar-refractivity contribution >= 4 is 11.5 Å². The summed E-state index contributed by atoms with van der Waals surface area (Å²) in [5, 5.41) is 0. The lowest BCUT2D eigenvalue weighted by Gasteiger charge is -2.29. The molecule has 3 heteroatoms. The van der Waals surface area contributed by atoms with Gasteiger partial charge in [0.15, 0.2) is 0 Å². The molecule has 0 saturated carbocycles. The molecule has 0 saturated heterocycles. The first kappa shape index (κ1) is 14.8. The summed E-state index contributed by atoms with van der Waals surface area (Å²) in [4.78, 5) is 14.6. The molecule has 0 aromatic heterocycles. The number of ether oxygens (including phenoxy) is 1. The molecule has 0 unspecified atom stereocenters. The van der Waals surface area contributed by atoms with E-state index in [9.17, 15) is 4.79 Å². The van der Waals surface area contributed by atoms with Crippen LogP contribution >= 0.6 is 0 Å². The summed E-state index contributed by atoms with van der Waals surface area (Å²) in [5.74, 6) is -0.160. The Morgan fingerprint density at radius 2 is 2.00 bits per heavy atom. The van der Waals surface area contributed by atoms with Gasteiger partial charge in [0.2, 0.25) is 0 Å². The van der Waals surface area contributed by atoms with Gasteiger partial charge in [0, 0.05) is 13.1 Å². The first-order valence-electron chi connectivity index (χ1n) is 7.43. The van der Waals surface area contributed by atoms with Gasteiger partial charge in [-0.05, 0) is 37.4 Å². The van der Waals surface area contributed by atoms with E-state index in [0.717, 1.165) is 42.6 Å². The summed E-state index contributed by atoms with van der Waals surface area (Å²) < 4.78 is 5.24. The second-order valence-corrected chi connectivity index (χ2v) is 5.07. The van der Waals surface area contributed by atoms with Crippen molar-refractivity contribution in [1.29, 1.82) is 0 Å². The van der Waals surface area contributed by atoms with Crippen LogP contribution in [0.2, 0.25) is 0 Å². The van der Waals surface area contributed by atoms with Crippen LogP contribution in [0.25, 0.3) is 5.57 Å². The smallest absolute Gasteiger partial charge is 0.335 e. The van der Waals surface area contributed by atoms with E-state index >= 15 is 0 Å². The maximum Gasteiger partial charge on any atom is 0.335 e. The van der Waals surface area contributed by atoms with E-state index in [1.165, 1.54) is 0 Å². The molecule has 0 bridgehead atoms. The van der Waals surface area contributed by atoms with Crippen molar-refractivity contribution in [3.63, 3.8) is 0 Å². The van der Waals surface area contributed by atoms with Crippen LogP contribution in [0.3, 0.4) is 0 Å². The Morgan fingerprint density at radius 3 is 2.65 bits per heavy atom. The van der Waals surface area contributed by atoms with E-state index in [1.807, 2.05) is 25.1 Å². The van der Waals surface area contributed by atoms with Crippen molar-refractivity contribution in [2.75, 3.05) is 26.2 Å². The summed E-state index contributed by atoms with van der Waals surface area (Å²) in [6.07, 6.45) is 2.02. The van der Waals surface area contributed by atoms with E-state index in [1.54, 1.807) is 0 Å². The Kier molecular flexibility index (Phi) is 5.36. The Bertz CT molecular complexity index is 479. The van der Waals surface area contributed by atoms with Gasteiger partial charge >= 0.3 is 5.97 Å². The van der Waals surface area contributed by atoms with Gasteiger partial charge in [-0.25, -0.2) is 4.79 Å². The SMILES string of the molecule is CCCN1CCC(c2ccccc2)=C(C(=O)OCC)C1. The van der Waals surface area contributed by atoms with Crippen LogP contribution < -0.4 is 0 Å². The summed E-state index contributed by atoms with van der Waals surface area (Å²) in [7, 11) is 0. The third-order valence-electron chi connectivity index (χ3n) is 3.61. The highest BCUT2D eigenvalue weighted by molar-refractivity contribution is 5.98. The third-order valence-corrected chi connectivity index (χ3v) is 3.61. The van der Waals surface area contributed by atoms with Crippen LogP contribution in [0.1, 0.15) is 32.3 Å². The van der Waals surface area contributed by atoms with Crippen molar-refractivity contribution in [2.45, 2.75) is 26.7 Å². The summed E-state index contributed by atoms with van der Waals surface area (Å²) >= 11 is 0. The average molecular weight is 273 g/mol. The molecule has 0 N–H and O–H groups in total. The fourth-order valence-electron chi connectivity index (χ4n) is 2.69. The zero-order chi connectivity index (χ0) is 14.4. The van der Waals surface area contributed by atoms with Crippen molar-refractivity contribution in [1.82, 2.24) is 4.90 Å². The molecule has 1 aliphatic rings. The summed E-state index contributed by atoms with van der Waals surface area (Å²) in [6, 6.07) is 10.2. The number of hydrogen-bond acceptors (Lipinski definition) is 3. The van der Waals surface area contributed by atoms with Crippen LogP contribution in [0.4, 0.5) is 0 Å². The van der Waals surface area contributed by atoms with Crippen molar-refractivity contribution in [2.24, 2.45) is 0 Å². The molecule has 3 nitrogen and oxygen atoms in total. The Hall–Kier alpha value is -1.61. The van der Waals surface area contributed by atoms with Crippen molar-refractivity contribution in [3.05, 3.63) is 41.5 Å². The number of benzene rings is 1. The summed E-state index contributed by atoms with van der Waals surface area (Å²) in [6.45, 7) is 7.20. The zero-order valence-electron chi connectivity index (χ0n) is 12.4. The van der Waals surface area contributed by atoms with Crippen molar-refractivity contribution in [3.8, 4) is 0 Å². The van der Waals surface area contributed by atoms with Gasteiger partial charge in [-0.3, -0.25) is 4.90 Å². The van der Waals surface area contributed by atoms with Gasteiger partial charge in [-0.2, -0.15) is 0 Å². The minimum Gasteiger partial charge on any atom is -0.463 e. The lowest BCUT2D eigenvalue weighted by atomic mass is 9.93. The van der Waals surface area contributed by atoms with E-state index in [2.05, 4.69) is 24.0 Å². The quantitative estimate of drug-likeness (QED) is 0.772. The number of rotatable bonds is 5. The van der Waals surface area contributed by atoms with Gasteiger partial charge in [-0.1, -0.05) is 37.3 Å². The molecule has 2 rings (SSSR count). The molecule has 0 radical (unpaired) electrons. The minimum absolute atomic E-state index is 0.160. The second-order valence-electron chi connectivity index (χ2n) is 5.07. The molecule has 0 amide bonds. The van der Waals surface area contributed by atoms with E-state index in [0.29, 0.717) is 13.2 Å². The number of hydrogen-bond donors (Lipinski definition) is 0. The number of carbonyl (C=O) groups is 1. The van der Waals surface area contributed by atoms with E-state index < -0.39 is 0 Å². The summed E-state index contributed by atoms with van der Waals surface area (Å²) in [5.41, 5.74) is 3.13. The second kappa shape index (κ2) is 7.25. The van der Waals surface area contributed by atoms with Gasteiger partial charge in [0.1, 0.15) is 0 Å². The average Bonchev–Trinajstić information content (AvgIpc) is 2.49. The molecule has 0 atom stereocenters. The highest BCUT2D eigenvalue weighted by Crippen LogP contribution is 2.28. The van der Waals surface area contributed by atoms with Gasteiger partial charge in [-0.15, -0.1) is 0 Å². The maximum atomic E-state index is 12.2. The lowest BCUT2D eigenvalue weighted by Crippen LogP contribution is -2.35. The molecule has 1 aromatic rings. The predicted molar refractivity (Wildman–Crippen MR) is 81.3 cm³/mol. The number of nitrogens with zero attached hydrogens (tertiary/aromatic N) is 1. The zero-order valence-corrected chi connectivity index (χ0v) is 12.4. The molecule has 1 aromatic carbocycles. The molecule has 108 valence electrons. The Morgan fingerprint density at radius 1 is 1.25 bits per heavy atom. The van der Waals surface area contributed by atoms with Crippen LogP contribution in [0.5, 0.6) is 0 Å². The van der Waals surface area contributed by atoms with Gasteiger partial charge < -0.3 is 4.74 Å².